The predicted molar refractivity (Wildman–Crippen MR) is 100 cm³/mol. The second-order valence-electron chi connectivity index (χ2n) is 6.38. The van der Waals surface area contributed by atoms with Crippen LogP contribution in [0.1, 0.15) is 32.1 Å². The summed E-state index contributed by atoms with van der Waals surface area (Å²) in [5.74, 6) is 0. The fourth-order valence-electron chi connectivity index (χ4n) is 3.32. The summed E-state index contributed by atoms with van der Waals surface area (Å²) < 4.78 is 53.9. The number of rotatable bonds is 5. The molecular formula is C18H22N2O4S2. The summed E-state index contributed by atoms with van der Waals surface area (Å²) in [6.45, 7) is 0. The largest absolute Gasteiger partial charge is 0.398 e. The molecule has 0 amide bonds. The van der Waals surface area contributed by atoms with Crippen molar-refractivity contribution in [2.45, 2.75) is 47.9 Å². The van der Waals surface area contributed by atoms with Crippen molar-refractivity contribution >= 4 is 25.7 Å². The molecule has 0 atom stereocenters. The molecule has 0 radical (unpaired) electrons. The third-order valence-corrected chi connectivity index (χ3v) is 9.10. The van der Waals surface area contributed by atoms with Gasteiger partial charge >= 0.3 is 0 Å². The average molecular weight is 395 g/mol. The van der Waals surface area contributed by atoms with Crippen LogP contribution in [-0.4, -0.2) is 26.6 Å². The Balaban J connectivity index is 2.17. The molecule has 0 spiro atoms. The highest BCUT2D eigenvalue weighted by molar-refractivity contribution is 8.04. The lowest BCUT2D eigenvalue weighted by molar-refractivity contribution is 0.328. The van der Waals surface area contributed by atoms with Crippen molar-refractivity contribution in [1.29, 1.82) is 0 Å². The van der Waals surface area contributed by atoms with E-state index in [0.29, 0.717) is 16.6 Å². The van der Waals surface area contributed by atoms with Gasteiger partial charge in [0.25, 0.3) is 20.0 Å². The maximum Gasteiger partial charge on any atom is 0.258 e. The monoisotopic (exact) mass is 394 g/mol. The van der Waals surface area contributed by atoms with Crippen molar-refractivity contribution in [3.8, 4) is 0 Å². The molecule has 0 unspecified atom stereocenters. The maximum atomic E-state index is 13.3. The topological polar surface area (TPSA) is 97.5 Å². The summed E-state index contributed by atoms with van der Waals surface area (Å²) in [6, 6.07) is 13.0. The zero-order valence-electron chi connectivity index (χ0n) is 14.3. The van der Waals surface area contributed by atoms with Crippen LogP contribution < -0.4 is 5.73 Å². The summed E-state index contributed by atoms with van der Waals surface area (Å²) in [7, 11) is -8.55. The molecule has 6 nitrogen and oxygen atoms in total. The quantitative estimate of drug-likeness (QED) is 0.786. The van der Waals surface area contributed by atoms with Crippen LogP contribution in [0.4, 0.5) is 5.69 Å². The highest BCUT2D eigenvalue weighted by Crippen LogP contribution is 2.34. The van der Waals surface area contributed by atoms with Crippen molar-refractivity contribution < 1.29 is 16.8 Å². The van der Waals surface area contributed by atoms with Crippen molar-refractivity contribution in [1.82, 2.24) is 3.71 Å². The minimum Gasteiger partial charge on any atom is -0.398 e. The van der Waals surface area contributed by atoms with Crippen molar-refractivity contribution in [2.75, 3.05) is 5.73 Å². The third kappa shape index (κ3) is 3.49. The molecule has 140 valence electrons. The van der Waals surface area contributed by atoms with Gasteiger partial charge in [0.05, 0.1) is 10.6 Å². The van der Waals surface area contributed by atoms with Crippen LogP contribution in [0.3, 0.4) is 0 Å². The first-order valence-corrected chi connectivity index (χ1v) is 11.4. The van der Waals surface area contributed by atoms with Crippen LogP contribution in [0, 0.1) is 0 Å². The van der Waals surface area contributed by atoms with Gasteiger partial charge in [-0.05, 0) is 37.1 Å². The second kappa shape index (κ2) is 7.38. The van der Waals surface area contributed by atoms with Crippen LogP contribution >= 0.6 is 0 Å². The van der Waals surface area contributed by atoms with Crippen LogP contribution in [0.2, 0.25) is 0 Å². The van der Waals surface area contributed by atoms with E-state index >= 15 is 0 Å². The number of hydrogen-bond acceptors (Lipinski definition) is 5. The van der Waals surface area contributed by atoms with Crippen molar-refractivity contribution in [3.05, 3.63) is 54.6 Å². The van der Waals surface area contributed by atoms with Gasteiger partial charge in [0, 0.05) is 6.04 Å². The van der Waals surface area contributed by atoms with E-state index in [9.17, 15) is 16.8 Å². The molecule has 1 fully saturated rings. The molecule has 26 heavy (non-hydrogen) atoms. The molecule has 1 aliphatic rings. The lowest BCUT2D eigenvalue weighted by atomic mass is 9.96. The van der Waals surface area contributed by atoms with Crippen molar-refractivity contribution in [3.63, 3.8) is 0 Å². The summed E-state index contributed by atoms with van der Waals surface area (Å²) in [5, 5.41) is 0. The maximum absolute atomic E-state index is 13.3. The fourth-order valence-corrected chi connectivity index (χ4v) is 7.58. The van der Waals surface area contributed by atoms with E-state index in [1.807, 2.05) is 0 Å². The Morgan fingerprint density at radius 3 is 1.96 bits per heavy atom. The molecule has 1 saturated carbocycles. The number of nitrogen functional groups attached to an aromatic ring is 1. The van der Waals surface area contributed by atoms with Gasteiger partial charge in [-0.25, -0.2) is 16.8 Å². The summed E-state index contributed by atoms with van der Waals surface area (Å²) in [6.07, 6.45) is 3.59. The zero-order valence-corrected chi connectivity index (χ0v) is 15.9. The van der Waals surface area contributed by atoms with Gasteiger partial charge in [-0.15, -0.1) is 0 Å². The molecule has 2 aromatic carbocycles. The number of para-hydroxylation sites is 1. The first-order valence-electron chi connectivity index (χ1n) is 8.54. The van der Waals surface area contributed by atoms with Gasteiger partial charge in [0.15, 0.2) is 0 Å². The first-order chi connectivity index (χ1) is 12.3. The summed E-state index contributed by atoms with van der Waals surface area (Å²) >= 11 is 0. The minimum absolute atomic E-state index is 0.0383. The van der Waals surface area contributed by atoms with Gasteiger partial charge in [-0.1, -0.05) is 53.3 Å². The highest BCUT2D eigenvalue weighted by atomic mass is 32.3. The van der Waals surface area contributed by atoms with E-state index in [2.05, 4.69) is 0 Å². The van der Waals surface area contributed by atoms with Crippen LogP contribution in [0.25, 0.3) is 0 Å². The van der Waals surface area contributed by atoms with Gasteiger partial charge in [-0.2, -0.15) is 0 Å². The van der Waals surface area contributed by atoms with Crippen LogP contribution in [-0.2, 0) is 20.0 Å². The SMILES string of the molecule is Nc1ccccc1S(=O)(=O)N(C1CCCCC1)S(=O)(=O)c1ccccc1. The van der Waals surface area contributed by atoms with E-state index in [1.165, 1.54) is 30.3 Å². The lowest BCUT2D eigenvalue weighted by Crippen LogP contribution is -2.45. The van der Waals surface area contributed by atoms with E-state index < -0.39 is 26.1 Å². The van der Waals surface area contributed by atoms with E-state index in [0.717, 1.165) is 19.3 Å². The third-order valence-electron chi connectivity index (χ3n) is 4.58. The molecule has 2 aromatic rings. The predicted octanol–water partition coefficient (Wildman–Crippen LogP) is 2.98. The molecule has 0 heterocycles. The van der Waals surface area contributed by atoms with Crippen LogP contribution in [0.15, 0.2) is 64.4 Å². The van der Waals surface area contributed by atoms with Gasteiger partial charge < -0.3 is 5.73 Å². The molecule has 1 aliphatic carbocycles. The molecule has 2 N–H and O–H groups in total. The Morgan fingerprint density at radius 1 is 0.769 bits per heavy atom. The molecule has 0 aromatic heterocycles. The molecule has 0 aliphatic heterocycles. The number of hydrogen-bond donors (Lipinski definition) is 1. The Kier molecular flexibility index (Phi) is 5.36. The van der Waals surface area contributed by atoms with Crippen LogP contribution in [0.5, 0.6) is 0 Å². The number of benzene rings is 2. The van der Waals surface area contributed by atoms with Crippen molar-refractivity contribution in [2.24, 2.45) is 0 Å². The number of sulfonamides is 2. The van der Waals surface area contributed by atoms with Gasteiger partial charge in [-0.3, -0.25) is 0 Å². The second-order valence-corrected chi connectivity index (χ2v) is 10.2. The zero-order chi connectivity index (χ0) is 18.8. The van der Waals surface area contributed by atoms with E-state index in [4.69, 9.17) is 5.73 Å². The average Bonchev–Trinajstić information content (AvgIpc) is 2.63. The van der Waals surface area contributed by atoms with Gasteiger partial charge in [0.2, 0.25) is 0 Å². The Bertz CT molecular complexity index is 967. The minimum atomic E-state index is -4.32. The normalized spacial score (nSPS) is 16.7. The number of anilines is 1. The highest BCUT2D eigenvalue weighted by Gasteiger charge is 2.42. The Morgan fingerprint density at radius 2 is 1.35 bits per heavy atom. The standard InChI is InChI=1S/C18H22N2O4S2/c19-17-13-7-8-14-18(17)26(23,24)20(15-9-3-1-4-10-15)25(21,22)16-11-5-2-6-12-16/h2,5-8,11-15H,1,3-4,9-10,19H2. The molecule has 0 bridgehead atoms. The molecule has 8 heteroatoms. The number of nitrogens with zero attached hydrogens (tertiary/aromatic N) is 1. The van der Waals surface area contributed by atoms with E-state index in [1.54, 1.807) is 24.3 Å². The lowest BCUT2D eigenvalue weighted by Gasteiger charge is -2.32. The summed E-state index contributed by atoms with van der Waals surface area (Å²) in [5.41, 5.74) is 5.89. The van der Waals surface area contributed by atoms with E-state index in [-0.39, 0.29) is 15.5 Å². The number of nitrogens with two attached hydrogens (primary N) is 1. The van der Waals surface area contributed by atoms with Gasteiger partial charge in [0.1, 0.15) is 4.90 Å². The molecule has 3 rings (SSSR count). The smallest absolute Gasteiger partial charge is 0.258 e. The molecule has 0 saturated heterocycles. The molecular weight excluding hydrogens is 372 g/mol. The summed E-state index contributed by atoms with van der Waals surface area (Å²) in [4.78, 5) is -0.214. The Hall–Kier alpha value is -1.90. The first kappa shape index (κ1) is 18.9. The fraction of sp³-hybridized carbons (Fsp3) is 0.333. The Labute approximate surface area is 154 Å².